The van der Waals surface area contributed by atoms with E-state index in [2.05, 4.69) is 16.8 Å². The van der Waals surface area contributed by atoms with Crippen LogP contribution in [0.2, 0.25) is 0 Å². The number of oxazole rings is 1. The van der Waals surface area contributed by atoms with Gasteiger partial charge >= 0.3 is 0 Å². The summed E-state index contributed by atoms with van der Waals surface area (Å²) in [4.78, 5) is 6.45. The summed E-state index contributed by atoms with van der Waals surface area (Å²) in [5.41, 5.74) is 6.85. The van der Waals surface area contributed by atoms with Crippen LogP contribution in [0.4, 0.5) is 0 Å². The van der Waals surface area contributed by atoms with Crippen molar-refractivity contribution in [3.8, 4) is 0 Å². The summed E-state index contributed by atoms with van der Waals surface area (Å²) in [7, 11) is 0. The van der Waals surface area contributed by atoms with Crippen molar-refractivity contribution in [3.63, 3.8) is 0 Å². The molecule has 0 radical (unpaired) electrons. The highest BCUT2D eigenvalue weighted by Crippen LogP contribution is 2.25. The number of aryl methyl sites for hydroxylation is 1. The summed E-state index contributed by atoms with van der Waals surface area (Å²) in [5.74, 6) is 0.971. The molecule has 1 aromatic rings. The Bertz CT molecular complexity index is 310. The number of hydrogen-bond acceptors (Lipinski definition) is 4. The lowest BCUT2D eigenvalue weighted by atomic mass is 10.2. The fraction of sp³-hybridized carbons (Fsp3) is 0.700. The molecule has 0 saturated carbocycles. The van der Waals surface area contributed by atoms with E-state index in [1.165, 1.54) is 6.39 Å². The molecule has 2 N–H and O–H groups in total. The summed E-state index contributed by atoms with van der Waals surface area (Å²) in [6, 6.07) is 0.617. The van der Waals surface area contributed by atoms with Crippen molar-refractivity contribution in [2.75, 3.05) is 13.1 Å². The lowest BCUT2D eigenvalue weighted by Crippen LogP contribution is -2.28. The van der Waals surface area contributed by atoms with Gasteiger partial charge in [0.05, 0.1) is 11.7 Å². The van der Waals surface area contributed by atoms with E-state index in [0.29, 0.717) is 12.1 Å². The Kier molecular flexibility index (Phi) is 2.56. The molecular formula is C10H17N3O. The zero-order valence-electron chi connectivity index (χ0n) is 8.73. The molecule has 0 amide bonds. The average Bonchev–Trinajstić information content (AvgIpc) is 2.73. The van der Waals surface area contributed by atoms with E-state index < -0.39 is 0 Å². The highest BCUT2D eigenvalue weighted by molar-refractivity contribution is 5.09. The molecule has 1 aliphatic rings. The fourth-order valence-electron chi connectivity index (χ4n) is 2.04. The molecule has 0 aliphatic carbocycles. The topological polar surface area (TPSA) is 55.3 Å². The van der Waals surface area contributed by atoms with Gasteiger partial charge in [-0.3, -0.25) is 4.90 Å². The third-order valence-corrected chi connectivity index (χ3v) is 2.97. The van der Waals surface area contributed by atoms with Crippen LogP contribution in [-0.2, 0) is 0 Å². The lowest BCUT2D eigenvalue weighted by molar-refractivity contribution is 0.228. The van der Waals surface area contributed by atoms with Gasteiger partial charge in [0.25, 0.3) is 0 Å². The number of rotatable bonds is 2. The summed E-state index contributed by atoms with van der Waals surface area (Å²) < 4.78 is 5.38. The van der Waals surface area contributed by atoms with Crippen LogP contribution in [0.3, 0.4) is 0 Å². The maximum Gasteiger partial charge on any atom is 0.181 e. The normalized spacial score (nSPS) is 25.5. The van der Waals surface area contributed by atoms with Crippen LogP contribution in [0.1, 0.15) is 30.8 Å². The molecule has 2 unspecified atom stereocenters. The van der Waals surface area contributed by atoms with Gasteiger partial charge in [-0.05, 0) is 20.3 Å². The minimum absolute atomic E-state index is 0.297. The molecule has 4 heteroatoms. The van der Waals surface area contributed by atoms with Crippen molar-refractivity contribution < 1.29 is 4.42 Å². The molecule has 1 saturated heterocycles. The Balaban J connectivity index is 2.09. The first-order valence-electron chi connectivity index (χ1n) is 5.08. The summed E-state index contributed by atoms with van der Waals surface area (Å²) in [6.07, 6.45) is 2.59. The third-order valence-electron chi connectivity index (χ3n) is 2.97. The molecule has 14 heavy (non-hydrogen) atoms. The third kappa shape index (κ3) is 1.67. The van der Waals surface area contributed by atoms with Crippen LogP contribution in [0, 0.1) is 6.92 Å². The van der Waals surface area contributed by atoms with Gasteiger partial charge in [-0.25, -0.2) is 4.98 Å². The Labute approximate surface area is 84.1 Å². The first-order valence-corrected chi connectivity index (χ1v) is 5.08. The zero-order valence-corrected chi connectivity index (χ0v) is 8.73. The molecule has 1 aromatic heterocycles. The smallest absolute Gasteiger partial charge is 0.181 e. The fourth-order valence-corrected chi connectivity index (χ4v) is 2.04. The van der Waals surface area contributed by atoms with E-state index in [9.17, 15) is 0 Å². The van der Waals surface area contributed by atoms with Crippen LogP contribution in [0.25, 0.3) is 0 Å². The number of nitrogens with two attached hydrogens (primary N) is 1. The van der Waals surface area contributed by atoms with Gasteiger partial charge in [0.2, 0.25) is 0 Å². The second-order valence-electron chi connectivity index (χ2n) is 4.02. The maximum absolute atomic E-state index is 5.87. The van der Waals surface area contributed by atoms with E-state index >= 15 is 0 Å². The van der Waals surface area contributed by atoms with Gasteiger partial charge in [-0.1, -0.05) is 0 Å². The van der Waals surface area contributed by atoms with E-state index in [-0.39, 0.29) is 0 Å². The molecule has 0 bridgehead atoms. The van der Waals surface area contributed by atoms with Gasteiger partial charge in [0.1, 0.15) is 5.76 Å². The van der Waals surface area contributed by atoms with E-state index in [1.807, 2.05) is 6.92 Å². The van der Waals surface area contributed by atoms with Gasteiger partial charge in [-0.2, -0.15) is 0 Å². The second kappa shape index (κ2) is 3.71. The van der Waals surface area contributed by atoms with E-state index in [0.717, 1.165) is 31.0 Å². The molecular weight excluding hydrogens is 178 g/mol. The van der Waals surface area contributed by atoms with Crippen molar-refractivity contribution >= 4 is 0 Å². The highest BCUT2D eigenvalue weighted by Gasteiger charge is 2.27. The Morgan fingerprint density at radius 3 is 3.00 bits per heavy atom. The molecule has 2 heterocycles. The Morgan fingerprint density at radius 2 is 2.50 bits per heavy atom. The predicted molar refractivity (Wildman–Crippen MR) is 53.8 cm³/mol. The van der Waals surface area contributed by atoms with E-state index in [4.69, 9.17) is 10.2 Å². The highest BCUT2D eigenvalue weighted by atomic mass is 16.3. The summed E-state index contributed by atoms with van der Waals surface area (Å²) in [5, 5.41) is 0. The van der Waals surface area contributed by atoms with Crippen LogP contribution < -0.4 is 5.73 Å². The molecule has 2 atom stereocenters. The quantitative estimate of drug-likeness (QED) is 0.767. The monoisotopic (exact) mass is 195 g/mol. The summed E-state index contributed by atoms with van der Waals surface area (Å²) >= 11 is 0. The molecule has 4 nitrogen and oxygen atoms in total. The van der Waals surface area contributed by atoms with Crippen LogP contribution in [0.15, 0.2) is 10.8 Å². The minimum Gasteiger partial charge on any atom is -0.447 e. The van der Waals surface area contributed by atoms with Gasteiger partial charge in [0, 0.05) is 19.1 Å². The van der Waals surface area contributed by atoms with E-state index in [1.54, 1.807) is 0 Å². The summed E-state index contributed by atoms with van der Waals surface area (Å²) in [6.45, 7) is 6.14. The van der Waals surface area contributed by atoms with Crippen molar-refractivity contribution in [3.05, 3.63) is 17.8 Å². The molecule has 1 fully saturated rings. The first-order chi connectivity index (χ1) is 6.68. The Morgan fingerprint density at radius 1 is 1.71 bits per heavy atom. The standard InChI is InChI=1S/C10H17N3O/c1-7-10(14-6-12-7)8(2)13-4-3-9(11)5-13/h6,8-9H,3-5,11H2,1-2H3. The molecule has 0 aromatic carbocycles. The predicted octanol–water partition coefficient (Wildman–Crippen LogP) is 1.08. The van der Waals surface area contributed by atoms with Crippen molar-refractivity contribution in [2.45, 2.75) is 32.4 Å². The van der Waals surface area contributed by atoms with Crippen LogP contribution in [-0.4, -0.2) is 29.0 Å². The largest absolute Gasteiger partial charge is 0.447 e. The number of hydrogen-bond donors (Lipinski definition) is 1. The van der Waals surface area contributed by atoms with Gasteiger partial charge < -0.3 is 10.2 Å². The molecule has 1 aliphatic heterocycles. The zero-order chi connectivity index (χ0) is 10.1. The molecule has 0 spiro atoms. The molecule has 78 valence electrons. The lowest BCUT2D eigenvalue weighted by Gasteiger charge is -2.22. The van der Waals surface area contributed by atoms with Crippen molar-refractivity contribution in [1.82, 2.24) is 9.88 Å². The maximum atomic E-state index is 5.87. The SMILES string of the molecule is Cc1ncoc1C(C)N1CCC(N)C1. The van der Waals surface area contributed by atoms with Crippen molar-refractivity contribution in [1.29, 1.82) is 0 Å². The van der Waals surface area contributed by atoms with Crippen molar-refractivity contribution in [2.24, 2.45) is 5.73 Å². The van der Waals surface area contributed by atoms with Gasteiger partial charge in [-0.15, -0.1) is 0 Å². The van der Waals surface area contributed by atoms with Crippen LogP contribution in [0.5, 0.6) is 0 Å². The Hall–Kier alpha value is -0.870. The van der Waals surface area contributed by atoms with Crippen LogP contribution >= 0.6 is 0 Å². The minimum atomic E-state index is 0.297. The van der Waals surface area contributed by atoms with Gasteiger partial charge in [0.15, 0.2) is 6.39 Å². The molecule has 2 rings (SSSR count). The second-order valence-corrected chi connectivity index (χ2v) is 4.02. The average molecular weight is 195 g/mol. The number of aromatic nitrogens is 1. The number of likely N-dealkylation sites (tertiary alicyclic amines) is 1. The number of nitrogens with zero attached hydrogens (tertiary/aromatic N) is 2. The first kappa shape index (κ1) is 9.68.